The zero-order chi connectivity index (χ0) is 14.8. The minimum atomic E-state index is 0.262. The number of piperazine rings is 1. The number of hydrogen-bond acceptors (Lipinski definition) is 3. The number of pyridine rings is 1. The van der Waals surface area contributed by atoms with Crippen molar-refractivity contribution >= 4 is 0 Å². The summed E-state index contributed by atoms with van der Waals surface area (Å²) >= 11 is 0. The first kappa shape index (κ1) is 15.0. The predicted octanol–water partition coefficient (Wildman–Crippen LogP) is 3.36. The van der Waals surface area contributed by atoms with Crippen molar-refractivity contribution in [2.75, 3.05) is 13.1 Å². The highest BCUT2D eigenvalue weighted by Gasteiger charge is 2.44. The molecule has 1 aliphatic heterocycles. The summed E-state index contributed by atoms with van der Waals surface area (Å²) in [6.07, 6.45) is 11.9. The maximum absolute atomic E-state index is 4.29. The highest BCUT2D eigenvalue weighted by atomic mass is 15.3. The summed E-state index contributed by atoms with van der Waals surface area (Å²) < 4.78 is 0. The van der Waals surface area contributed by atoms with E-state index in [0.29, 0.717) is 5.54 Å². The van der Waals surface area contributed by atoms with E-state index in [9.17, 15) is 0 Å². The van der Waals surface area contributed by atoms with Crippen LogP contribution in [0, 0.1) is 0 Å². The van der Waals surface area contributed by atoms with Gasteiger partial charge in [-0.25, -0.2) is 0 Å². The van der Waals surface area contributed by atoms with Gasteiger partial charge >= 0.3 is 0 Å². The highest BCUT2D eigenvalue weighted by Crippen LogP contribution is 2.36. The monoisotopic (exact) mass is 287 g/mol. The first-order chi connectivity index (χ1) is 10.2. The van der Waals surface area contributed by atoms with Gasteiger partial charge < -0.3 is 5.32 Å². The number of nitrogens with zero attached hydrogens (tertiary/aromatic N) is 2. The lowest BCUT2D eigenvalue weighted by Gasteiger charge is -2.54. The normalized spacial score (nSPS) is 29.6. The van der Waals surface area contributed by atoms with E-state index in [4.69, 9.17) is 0 Å². The molecule has 1 saturated carbocycles. The lowest BCUT2D eigenvalue weighted by molar-refractivity contribution is -0.00741. The van der Waals surface area contributed by atoms with Crippen LogP contribution in [0.25, 0.3) is 0 Å². The molecule has 21 heavy (non-hydrogen) atoms. The Bertz CT molecular complexity index is 453. The Hall–Kier alpha value is -0.930. The minimum absolute atomic E-state index is 0.262. The molecule has 1 N–H and O–H groups in total. The fourth-order valence-electron chi connectivity index (χ4n) is 3.97. The van der Waals surface area contributed by atoms with E-state index in [-0.39, 0.29) is 5.54 Å². The third kappa shape index (κ3) is 3.14. The van der Waals surface area contributed by atoms with Crippen molar-refractivity contribution in [2.24, 2.45) is 0 Å². The largest absolute Gasteiger partial charge is 0.308 e. The van der Waals surface area contributed by atoms with Crippen molar-refractivity contribution < 1.29 is 0 Å². The third-order valence-electron chi connectivity index (χ3n) is 5.77. The summed E-state index contributed by atoms with van der Waals surface area (Å²) in [5.74, 6) is 0. The van der Waals surface area contributed by atoms with Crippen LogP contribution in [0.3, 0.4) is 0 Å². The van der Waals surface area contributed by atoms with Gasteiger partial charge in [0.15, 0.2) is 0 Å². The molecule has 1 atom stereocenters. The summed E-state index contributed by atoms with van der Waals surface area (Å²) in [6, 6.07) is 4.26. The molecule has 1 aromatic rings. The number of aromatic nitrogens is 1. The van der Waals surface area contributed by atoms with Crippen molar-refractivity contribution in [3.05, 3.63) is 30.1 Å². The van der Waals surface area contributed by atoms with Gasteiger partial charge in [0.1, 0.15) is 0 Å². The average molecular weight is 287 g/mol. The molecule has 0 radical (unpaired) electrons. The number of hydrogen-bond donors (Lipinski definition) is 1. The van der Waals surface area contributed by atoms with Crippen LogP contribution in [0.4, 0.5) is 0 Å². The van der Waals surface area contributed by atoms with Crippen LogP contribution < -0.4 is 5.32 Å². The van der Waals surface area contributed by atoms with Crippen molar-refractivity contribution in [1.29, 1.82) is 0 Å². The second-order valence-electron chi connectivity index (χ2n) is 7.26. The van der Waals surface area contributed by atoms with Gasteiger partial charge in [0.05, 0.1) is 0 Å². The molecule has 1 saturated heterocycles. The Balaban J connectivity index is 1.78. The van der Waals surface area contributed by atoms with Crippen molar-refractivity contribution in [3.63, 3.8) is 0 Å². The fraction of sp³-hybridized carbons (Fsp3) is 0.722. The lowest BCUT2D eigenvalue weighted by Crippen LogP contribution is -2.69. The van der Waals surface area contributed by atoms with E-state index in [1.807, 2.05) is 12.4 Å². The molecule has 1 aliphatic carbocycles. The molecule has 1 aromatic heterocycles. The van der Waals surface area contributed by atoms with Gasteiger partial charge in [0.25, 0.3) is 0 Å². The second kappa shape index (κ2) is 6.05. The lowest BCUT2D eigenvalue weighted by atomic mass is 9.77. The van der Waals surface area contributed by atoms with Gasteiger partial charge in [0, 0.05) is 43.1 Å². The van der Waals surface area contributed by atoms with Crippen molar-refractivity contribution in [2.45, 2.75) is 70.0 Å². The molecular formula is C18H29N3. The molecule has 1 spiro atoms. The summed E-state index contributed by atoms with van der Waals surface area (Å²) in [5.41, 5.74) is 1.97. The Morgan fingerprint density at radius 1 is 1.29 bits per heavy atom. The Morgan fingerprint density at radius 3 is 2.76 bits per heavy atom. The molecule has 0 amide bonds. The second-order valence-corrected chi connectivity index (χ2v) is 7.26. The highest BCUT2D eigenvalue weighted by molar-refractivity contribution is 5.12. The smallest absolute Gasteiger partial charge is 0.0312 e. The average Bonchev–Trinajstić information content (AvgIpc) is 2.53. The molecule has 3 heteroatoms. The van der Waals surface area contributed by atoms with Crippen molar-refractivity contribution in [3.8, 4) is 0 Å². The van der Waals surface area contributed by atoms with E-state index in [2.05, 4.69) is 41.2 Å². The van der Waals surface area contributed by atoms with Crippen LogP contribution in [-0.2, 0) is 6.54 Å². The fourth-order valence-corrected chi connectivity index (χ4v) is 3.97. The topological polar surface area (TPSA) is 28.2 Å². The van der Waals surface area contributed by atoms with Crippen LogP contribution in [0.2, 0.25) is 0 Å². The summed E-state index contributed by atoms with van der Waals surface area (Å²) in [4.78, 5) is 7.00. The van der Waals surface area contributed by atoms with Crippen LogP contribution in [0.5, 0.6) is 0 Å². The first-order valence-electron chi connectivity index (χ1n) is 8.55. The zero-order valence-electron chi connectivity index (χ0n) is 13.6. The molecule has 2 fully saturated rings. The Labute approximate surface area is 129 Å². The Morgan fingerprint density at radius 2 is 2.10 bits per heavy atom. The summed E-state index contributed by atoms with van der Waals surface area (Å²) in [5, 5.41) is 3.93. The molecule has 1 unspecified atom stereocenters. The minimum Gasteiger partial charge on any atom is -0.308 e. The van der Waals surface area contributed by atoms with E-state index in [1.165, 1.54) is 50.6 Å². The van der Waals surface area contributed by atoms with Gasteiger partial charge in [-0.05, 0) is 37.8 Å². The summed E-state index contributed by atoms with van der Waals surface area (Å²) in [7, 11) is 0. The van der Waals surface area contributed by atoms with E-state index >= 15 is 0 Å². The van der Waals surface area contributed by atoms with Gasteiger partial charge in [0.2, 0.25) is 0 Å². The quantitative estimate of drug-likeness (QED) is 0.924. The van der Waals surface area contributed by atoms with Gasteiger partial charge in [-0.2, -0.15) is 0 Å². The maximum Gasteiger partial charge on any atom is 0.0312 e. The van der Waals surface area contributed by atoms with E-state index in [0.717, 1.165) is 13.1 Å². The molecule has 3 rings (SSSR count). The molecule has 2 heterocycles. The van der Waals surface area contributed by atoms with Gasteiger partial charge in [-0.3, -0.25) is 9.88 Å². The Kier molecular flexibility index (Phi) is 4.32. The zero-order valence-corrected chi connectivity index (χ0v) is 13.6. The van der Waals surface area contributed by atoms with Crippen LogP contribution in [-0.4, -0.2) is 34.1 Å². The maximum atomic E-state index is 4.29. The number of rotatable bonds is 3. The molecule has 0 aromatic carbocycles. The van der Waals surface area contributed by atoms with E-state index in [1.54, 1.807) is 0 Å². The third-order valence-corrected chi connectivity index (χ3v) is 5.77. The van der Waals surface area contributed by atoms with Crippen molar-refractivity contribution in [1.82, 2.24) is 15.2 Å². The van der Waals surface area contributed by atoms with Crippen LogP contribution in [0.1, 0.15) is 57.9 Å². The molecular weight excluding hydrogens is 258 g/mol. The van der Waals surface area contributed by atoms with Crippen LogP contribution in [0.15, 0.2) is 24.5 Å². The first-order valence-corrected chi connectivity index (χ1v) is 8.55. The molecule has 3 nitrogen and oxygen atoms in total. The molecule has 0 bridgehead atoms. The molecule has 2 aliphatic rings. The standard InChI is InChI=1S/C18H29N3/c1-3-17(2)14-20-18(9-5-4-6-10-18)15-21(17)13-16-8-7-11-19-12-16/h7-8,11-12,20H,3-6,9-10,13-15H2,1-2H3. The molecule has 116 valence electrons. The van der Waals surface area contributed by atoms with Gasteiger partial charge in [-0.1, -0.05) is 32.3 Å². The SMILES string of the molecule is CCC1(C)CNC2(CCCCC2)CN1Cc1cccnc1. The van der Waals surface area contributed by atoms with Crippen LogP contribution >= 0.6 is 0 Å². The summed E-state index contributed by atoms with van der Waals surface area (Å²) in [6.45, 7) is 8.06. The van der Waals surface area contributed by atoms with Gasteiger partial charge in [-0.15, -0.1) is 0 Å². The predicted molar refractivity (Wildman–Crippen MR) is 87.2 cm³/mol. The number of nitrogens with one attached hydrogen (secondary N) is 1. The van der Waals surface area contributed by atoms with E-state index < -0.39 is 0 Å².